The van der Waals surface area contributed by atoms with E-state index in [0.29, 0.717) is 5.69 Å². The van der Waals surface area contributed by atoms with E-state index in [4.69, 9.17) is 23.2 Å². The first-order chi connectivity index (χ1) is 14.0. The van der Waals surface area contributed by atoms with Gasteiger partial charge in [-0.15, -0.1) is 0 Å². The maximum atomic E-state index is 14.2. The van der Waals surface area contributed by atoms with Crippen molar-refractivity contribution in [1.82, 2.24) is 14.8 Å². The molecule has 0 saturated carbocycles. The van der Waals surface area contributed by atoms with Crippen LogP contribution in [0.1, 0.15) is 26.4 Å². The Morgan fingerprint density at radius 3 is 2.67 bits per heavy atom. The smallest absolute Gasteiger partial charge is 0.272 e. The van der Waals surface area contributed by atoms with E-state index < -0.39 is 27.3 Å². The number of hydrogen-bond donors (Lipinski definition) is 2. The van der Waals surface area contributed by atoms with Crippen LogP contribution in [-0.4, -0.2) is 46.9 Å². The Kier molecular flexibility index (Phi) is 6.30. The van der Waals surface area contributed by atoms with Gasteiger partial charge in [0.1, 0.15) is 15.5 Å². The molecule has 0 spiro atoms. The summed E-state index contributed by atoms with van der Waals surface area (Å²) in [6, 6.07) is 3.80. The molecule has 0 fully saturated rings. The molecule has 158 valence electrons. The van der Waals surface area contributed by atoms with E-state index in [1.54, 1.807) is 0 Å². The molecule has 3 aromatic rings. The highest BCUT2D eigenvalue weighted by atomic mass is 35.5. The molecule has 0 aliphatic carbocycles. The number of carbonyl (C=O) groups excluding carboxylic acids is 2. The van der Waals surface area contributed by atoms with Gasteiger partial charge in [0.05, 0.1) is 39.8 Å². The first-order valence-electron chi connectivity index (χ1n) is 8.43. The van der Waals surface area contributed by atoms with Gasteiger partial charge in [-0.25, -0.2) is 12.8 Å². The molecule has 30 heavy (non-hydrogen) atoms. The molecule has 1 amide bonds. The second-order valence-electron chi connectivity index (χ2n) is 6.43. The molecule has 0 bridgehead atoms. The average Bonchev–Trinajstić information content (AvgIpc) is 3.32. The normalized spacial score (nSPS) is 11.5. The van der Waals surface area contributed by atoms with Crippen LogP contribution in [0.5, 0.6) is 0 Å². The Hall–Kier alpha value is -2.69. The van der Waals surface area contributed by atoms with E-state index in [0.717, 1.165) is 6.26 Å². The van der Waals surface area contributed by atoms with Crippen molar-refractivity contribution >= 4 is 50.4 Å². The first-order valence-corrected chi connectivity index (χ1v) is 11.2. The number of benzene rings is 1. The Balaban J connectivity index is 1.72. The summed E-state index contributed by atoms with van der Waals surface area (Å²) in [5.41, 5.74) is 0.00930. The number of hydrogen-bond acceptors (Lipinski definition) is 5. The van der Waals surface area contributed by atoms with Crippen LogP contribution in [0.3, 0.4) is 0 Å². The topological polar surface area (TPSA) is 114 Å². The third-order valence-electron chi connectivity index (χ3n) is 4.04. The van der Waals surface area contributed by atoms with Crippen LogP contribution < -0.4 is 5.32 Å². The van der Waals surface area contributed by atoms with Crippen LogP contribution in [-0.2, 0) is 16.4 Å². The van der Waals surface area contributed by atoms with E-state index in [1.807, 2.05) is 0 Å². The maximum Gasteiger partial charge on any atom is 0.272 e. The van der Waals surface area contributed by atoms with Gasteiger partial charge in [-0.2, -0.15) is 5.10 Å². The quantitative estimate of drug-likeness (QED) is 0.404. The molecule has 2 N–H and O–H groups in total. The van der Waals surface area contributed by atoms with E-state index in [1.165, 1.54) is 41.5 Å². The standard InChI is InChI=1S/C18H15Cl2FN4O4S/c1-30(28,29)5-4-25-9-11(8-23-25)24-18(27)14-6-10(7-22-14)17(26)15-12(19)2-3-13(20)16(15)21/h2-3,6-9,22H,4-5H2,1H3,(H,24,27). The Labute approximate surface area is 180 Å². The van der Waals surface area contributed by atoms with Gasteiger partial charge in [0.15, 0.2) is 11.6 Å². The van der Waals surface area contributed by atoms with E-state index in [9.17, 15) is 22.4 Å². The Morgan fingerprint density at radius 1 is 1.27 bits per heavy atom. The number of nitrogens with zero attached hydrogens (tertiary/aromatic N) is 2. The summed E-state index contributed by atoms with van der Waals surface area (Å²) in [6.07, 6.45) is 5.20. The highest BCUT2D eigenvalue weighted by Crippen LogP contribution is 2.28. The number of aromatic nitrogens is 3. The fourth-order valence-electron chi connectivity index (χ4n) is 2.54. The van der Waals surface area contributed by atoms with Crippen LogP contribution >= 0.6 is 23.2 Å². The molecule has 0 aliphatic heterocycles. The number of nitrogens with one attached hydrogen (secondary N) is 2. The molecule has 1 aromatic carbocycles. The lowest BCUT2D eigenvalue weighted by Crippen LogP contribution is -2.13. The van der Waals surface area contributed by atoms with E-state index >= 15 is 0 Å². The number of ketones is 1. The third kappa shape index (κ3) is 5.07. The van der Waals surface area contributed by atoms with Gasteiger partial charge in [-0.05, 0) is 18.2 Å². The summed E-state index contributed by atoms with van der Waals surface area (Å²) in [6.45, 7) is 0.141. The predicted octanol–water partition coefficient (Wildman–Crippen LogP) is 3.19. The van der Waals surface area contributed by atoms with Crippen molar-refractivity contribution in [3.8, 4) is 0 Å². The molecule has 3 rings (SSSR count). The molecule has 2 aromatic heterocycles. The Bertz CT molecular complexity index is 1240. The molecule has 12 heteroatoms. The van der Waals surface area contributed by atoms with Gasteiger partial charge in [0.25, 0.3) is 5.91 Å². The highest BCUT2D eigenvalue weighted by molar-refractivity contribution is 7.90. The lowest BCUT2D eigenvalue weighted by atomic mass is 10.0. The molecule has 2 heterocycles. The fourth-order valence-corrected chi connectivity index (χ4v) is 3.45. The van der Waals surface area contributed by atoms with Gasteiger partial charge in [-0.3, -0.25) is 14.3 Å². The summed E-state index contributed by atoms with van der Waals surface area (Å²) >= 11 is 11.6. The molecule has 0 atom stereocenters. The van der Waals surface area contributed by atoms with Gasteiger partial charge in [-0.1, -0.05) is 23.2 Å². The van der Waals surface area contributed by atoms with Gasteiger partial charge < -0.3 is 10.3 Å². The van der Waals surface area contributed by atoms with Crippen molar-refractivity contribution in [3.63, 3.8) is 0 Å². The molecular weight excluding hydrogens is 458 g/mol. The van der Waals surface area contributed by atoms with Gasteiger partial charge >= 0.3 is 0 Å². The summed E-state index contributed by atoms with van der Waals surface area (Å²) < 4.78 is 38.0. The Morgan fingerprint density at radius 2 is 1.97 bits per heavy atom. The zero-order chi connectivity index (χ0) is 22.1. The lowest BCUT2D eigenvalue weighted by Gasteiger charge is -2.05. The lowest BCUT2D eigenvalue weighted by molar-refractivity contribution is 0.102. The number of anilines is 1. The summed E-state index contributed by atoms with van der Waals surface area (Å²) in [7, 11) is -3.15. The van der Waals surface area contributed by atoms with Crippen molar-refractivity contribution in [1.29, 1.82) is 0 Å². The predicted molar refractivity (Wildman–Crippen MR) is 111 cm³/mol. The molecule has 0 aliphatic rings. The van der Waals surface area contributed by atoms with Crippen molar-refractivity contribution in [2.45, 2.75) is 6.54 Å². The first kappa shape index (κ1) is 22.0. The maximum absolute atomic E-state index is 14.2. The van der Waals surface area contributed by atoms with Crippen molar-refractivity contribution in [2.24, 2.45) is 0 Å². The minimum atomic E-state index is -3.15. The summed E-state index contributed by atoms with van der Waals surface area (Å²) in [4.78, 5) is 27.6. The number of amides is 1. The largest absolute Gasteiger partial charge is 0.356 e. The minimum absolute atomic E-state index is 0.0204. The average molecular weight is 473 g/mol. The second kappa shape index (κ2) is 8.58. The van der Waals surface area contributed by atoms with E-state index in [-0.39, 0.29) is 39.2 Å². The SMILES string of the molecule is CS(=O)(=O)CCn1cc(NC(=O)c2cc(C(=O)c3c(Cl)ccc(Cl)c3F)c[nH]2)cn1. The molecule has 0 saturated heterocycles. The van der Waals surface area contributed by atoms with Crippen molar-refractivity contribution in [2.75, 3.05) is 17.3 Å². The number of rotatable bonds is 7. The van der Waals surface area contributed by atoms with Crippen LogP contribution in [0, 0.1) is 5.82 Å². The molecule has 8 nitrogen and oxygen atoms in total. The summed E-state index contributed by atoms with van der Waals surface area (Å²) in [5, 5.41) is 6.19. The zero-order valence-electron chi connectivity index (χ0n) is 15.4. The van der Waals surface area contributed by atoms with Crippen LogP contribution in [0.25, 0.3) is 0 Å². The van der Waals surface area contributed by atoms with Crippen molar-refractivity contribution < 1.29 is 22.4 Å². The number of aromatic amines is 1. The summed E-state index contributed by atoms with van der Waals surface area (Å²) in [5.74, 6) is -2.34. The fraction of sp³-hybridized carbons (Fsp3) is 0.167. The van der Waals surface area contributed by atoms with Crippen LogP contribution in [0.2, 0.25) is 10.0 Å². The number of aryl methyl sites for hydroxylation is 1. The number of carbonyl (C=O) groups is 2. The van der Waals surface area contributed by atoms with Crippen LogP contribution in [0.4, 0.5) is 10.1 Å². The number of halogens is 3. The second-order valence-corrected chi connectivity index (χ2v) is 9.50. The monoisotopic (exact) mass is 472 g/mol. The third-order valence-corrected chi connectivity index (χ3v) is 5.57. The highest BCUT2D eigenvalue weighted by Gasteiger charge is 2.22. The molecular formula is C18H15Cl2FN4O4S. The number of H-pyrrole nitrogens is 1. The zero-order valence-corrected chi connectivity index (χ0v) is 17.8. The van der Waals surface area contributed by atoms with E-state index in [2.05, 4.69) is 15.4 Å². The number of sulfone groups is 1. The minimum Gasteiger partial charge on any atom is -0.356 e. The molecule has 0 radical (unpaired) electrons. The van der Waals surface area contributed by atoms with Gasteiger partial charge in [0, 0.05) is 24.2 Å². The molecule has 0 unspecified atom stereocenters. The van der Waals surface area contributed by atoms with Crippen molar-refractivity contribution in [3.05, 3.63) is 69.5 Å². The van der Waals surface area contributed by atoms with Crippen LogP contribution in [0.15, 0.2) is 36.8 Å². The van der Waals surface area contributed by atoms with Gasteiger partial charge in [0.2, 0.25) is 0 Å².